The van der Waals surface area contributed by atoms with Crippen LogP contribution in [-0.4, -0.2) is 72.2 Å². The molecule has 4 aromatic rings. The zero-order valence-electron chi connectivity index (χ0n) is 24.1. The predicted octanol–water partition coefficient (Wildman–Crippen LogP) is 3.58. The Kier molecular flexibility index (Phi) is 11.1. The molecule has 47 heavy (non-hydrogen) atoms. The fourth-order valence-electron chi connectivity index (χ4n) is 5.18. The van der Waals surface area contributed by atoms with Gasteiger partial charge in [0, 0.05) is 36.9 Å². The highest BCUT2D eigenvalue weighted by molar-refractivity contribution is 7.16. The van der Waals surface area contributed by atoms with Gasteiger partial charge < -0.3 is 35.3 Å². The van der Waals surface area contributed by atoms with Crippen molar-refractivity contribution in [1.29, 1.82) is 0 Å². The number of carbonyl (C=O) groups excluding carboxylic acids is 2. The van der Waals surface area contributed by atoms with Gasteiger partial charge in [0.2, 0.25) is 5.13 Å². The molecule has 0 radical (unpaired) electrons. The highest BCUT2D eigenvalue weighted by Gasteiger charge is 2.39. The molecule has 14 nitrogen and oxygen atoms in total. The maximum Gasteiger partial charge on any atom is 0.526 e. The van der Waals surface area contributed by atoms with E-state index in [-0.39, 0.29) is 59.0 Å². The van der Waals surface area contributed by atoms with Crippen molar-refractivity contribution in [3.8, 4) is 11.5 Å². The van der Waals surface area contributed by atoms with Crippen LogP contribution in [0.2, 0.25) is 11.6 Å². The number of carbonyl (C=O) groups is 3. The Hall–Kier alpha value is -5.12. The van der Waals surface area contributed by atoms with Crippen molar-refractivity contribution in [2.45, 2.75) is 44.7 Å². The lowest BCUT2D eigenvalue weighted by Gasteiger charge is -2.28. The molecule has 0 aliphatic carbocycles. The van der Waals surface area contributed by atoms with E-state index in [2.05, 4.69) is 26.7 Å². The summed E-state index contributed by atoms with van der Waals surface area (Å²) < 4.78 is 10.9. The summed E-state index contributed by atoms with van der Waals surface area (Å²) in [5.41, 5.74) is 7.74. The van der Waals surface area contributed by atoms with Crippen LogP contribution in [0.15, 0.2) is 61.7 Å². The highest BCUT2D eigenvalue weighted by atomic mass is 32.1. The number of aliphatic hydroxyl groups is 1. The van der Waals surface area contributed by atoms with Crippen LogP contribution in [0.4, 0.5) is 5.13 Å². The monoisotopic (exact) mass is 659 g/mol. The summed E-state index contributed by atoms with van der Waals surface area (Å²) in [5, 5.41) is 46.8. The number of ketones is 2. The van der Waals surface area contributed by atoms with E-state index in [4.69, 9.17) is 20.1 Å². The number of nitrogen functional groups attached to an aromatic ring is 1. The Morgan fingerprint density at radius 2 is 1.40 bits per heavy atom. The van der Waals surface area contributed by atoms with Crippen LogP contribution in [0.5, 0.6) is 11.5 Å². The molecule has 6 N–H and O–H groups in total. The first-order chi connectivity index (χ1) is 22.0. The number of carboxylic acid groups (broad SMARTS) is 1. The van der Waals surface area contributed by atoms with Crippen molar-refractivity contribution in [1.82, 2.24) is 20.2 Å². The third-order valence-electron chi connectivity index (χ3n) is 7.44. The van der Waals surface area contributed by atoms with Gasteiger partial charge in [-0.05, 0) is 36.1 Å². The van der Waals surface area contributed by atoms with Crippen molar-refractivity contribution >= 4 is 54.0 Å². The number of hydrogen-bond donors (Lipinski definition) is 5. The number of nitrogens with zero attached hydrogens (tertiary/aromatic N) is 4. The van der Waals surface area contributed by atoms with Gasteiger partial charge >= 0.3 is 20.2 Å². The second kappa shape index (κ2) is 15.0. The summed E-state index contributed by atoms with van der Waals surface area (Å²) in [7, 11) is -2.39. The van der Waals surface area contributed by atoms with E-state index in [1.807, 2.05) is 6.07 Å². The molecule has 0 unspecified atom stereocenters. The van der Waals surface area contributed by atoms with Crippen molar-refractivity contribution in [3.05, 3.63) is 94.5 Å². The molecule has 0 bridgehead atoms. The van der Waals surface area contributed by atoms with Crippen molar-refractivity contribution in [2.24, 2.45) is 0 Å². The minimum absolute atomic E-state index is 0. The fraction of sp³-hybridized carbons (Fsp3) is 0.233. The Morgan fingerprint density at radius 1 is 0.872 bits per heavy atom. The van der Waals surface area contributed by atoms with Crippen LogP contribution >= 0.6 is 11.3 Å². The molecule has 6 rings (SSSR count). The number of hydrogen-bond acceptors (Lipinski definition) is 14. The zero-order chi connectivity index (χ0) is 33.0. The molecule has 2 aliphatic heterocycles. The number of nitrogens with two attached hydrogens (primary N) is 1. The molecule has 2 aromatic carbocycles. The molecular weight excluding hydrogens is 628 g/mol. The summed E-state index contributed by atoms with van der Waals surface area (Å²) in [6.07, 6.45) is 5.10. The topological polar surface area (TPSA) is 228 Å². The lowest BCUT2D eigenvalue weighted by atomic mass is 9.64. The standard InChI is InChI=1S/C15H13BN2O5.C14H14BN3O4S.CH4/c19-13(10-6-17-8-18-7-10)5-11-4-9-2-1-3-12(15(20)21)14(9)23-16(11)22;1-7(19)10-4-2-3-8-5-9(15(21)22-12(8)10)6-11(20)13-17-18-14(16)23-13;/h1-3,6-8,11,22H,4-5H2,(H,20,21);2-4,9,19,21H,1,5-6H2,(H2,16,18);1H4/t11-;9-;/m11./s1. The molecule has 0 saturated carbocycles. The molecule has 2 aliphatic rings. The molecular formula is C30H31B2N5O9S. The number of rotatable bonds is 8. The highest BCUT2D eigenvalue weighted by Crippen LogP contribution is 2.39. The summed E-state index contributed by atoms with van der Waals surface area (Å²) in [6.45, 7) is 3.48. The van der Waals surface area contributed by atoms with E-state index in [1.165, 1.54) is 24.8 Å². The number of anilines is 1. The van der Waals surface area contributed by atoms with Gasteiger partial charge in [0.25, 0.3) is 0 Å². The largest absolute Gasteiger partial charge is 0.535 e. The SMILES string of the molecule is C.C=C(O)c1cccc2c1OB(O)[C@@H](CC(=O)c1nnc(N)s1)C2.O=C(C[C@H]1Cc2cccc(C(=O)O)c2OB1O)c1cncnc1. The third kappa shape index (κ3) is 8.00. The second-order valence-corrected chi connectivity index (χ2v) is 11.6. The smallest absolute Gasteiger partial charge is 0.526 e. The zero-order valence-corrected chi connectivity index (χ0v) is 25.0. The average Bonchev–Trinajstić information content (AvgIpc) is 3.48. The average molecular weight is 659 g/mol. The third-order valence-corrected chi connectivity index (χ3v) is 8.23. The van der Waals surface area contributed by atoms with Crippen molar-refractivity contribution < 1.29 is 44.0 Å². The second-order valence-electron chi connectivity index (χ2n) is 10.6. The quantitative estimate of drug-likeness (QED) is 0.104. The number of aromatic nitrogens is 4. The number of Topliss-reactive ketones (excluding diaryl/α,β-unsaturated/α-hetero) is 2. The normalized spacial score (nSPS) is 16.1. The van der Waals surface area contributed by atoms with Crippen LogP contribution in [0.25, 0.3) is 5.76 Å². The van der Waals surface area contributed by atoms with Crippen LogP contribution in [0.1, 0.15) is 67.5 Å². The van der Waals surface area contributed by atoms with E-state index in [1.54, 1.807) is 24.3 Å². The maximum absolute atomic E-state index is 12.2. The molecule has 0 spiro atoms. The molecule has 2 aromatic heterocycles. The fourth-order valence-corrected chi connectivity index (χ4v) is 5.74. The van der Waals surface area contributed by atoms with E-state index in [0.29, 0.717) is 35.3 Å². The minimum Gasteiger partial charge on any atom is -0.535 e. The number of aromatic carboxylic acids is 1. The first-order valence-corrected chi connectivity index (χ1v) is 14.8. The van der Waals surface area contributed by atoms with Crippen LogP contribution in [0.3, 0.4) is 0 Å². The van der Waals surface area contributed by atoms with Crippen molar-refractivity contribution in [2.75, 3.05) is 5.73 Å². The molecule has 17 heteroatoms. The molecule has 0 saturated heterocycles. The summed E-state index contributed by atoms with van der Waals surface area (Å²) >= 11 is 1.02. The van der Waals surface area contributed by atoms with Gasteiger partial charge in [0.05, 0.1) is 16.7 Å². The van der Waals surface area contributed by atoms with Crippen LogP contribution in [-0.2, 0) is 12.8 Å². The molecule has 0 amide bonds. The van der Waals surface area contributed by atoms with E-state index in [9.17, 15) is 29.5 Å². The van der Waals surface area contributed by atoms with Crippen molar-refractivity contribution in [3.63, 3.8) is 0 Å². The number of fused-ring (bicyclic) bond motifs is 2. The van der Waals surface area contributed by atoms with E-state index >= 15 is 0 Å². The van der Waals surface area contributed by atoms with Gasteiger partial charge in [-0.1, -0.05) is 49.6 Å². The molecule has 0 fully saturated rings. The lowest BCUT2D eigenvalue weighted by Crippen LogP contribution is -2.35. The molecule has 242 valence electrons. The van der Waals surface area contributed by atoms with E-state index in [0.717, 1.165) is 16.9 Å². The first-order valence-electron chi connectivity index (χ1n) is 14.0. The van der Waals surface area contributed by atoms with Gasteiger partial charge in [-0.3, -0.25) is 9.59 Å². The molecule has 4 heterocycles. The Balaban J connectivity index is 0.000000208. The Morgan fingerprint density at radius 3 is 1.91 bits per heavy atom. The Bertz CT molecular complexity index is 1790. The van der Waals surface area contributed by atoms with Gasteiger partial charge in [-0.15, -0.1) is 10.2 Å². The predicted molar refractivity (Wildman–Crippen MR) is 175 cm³/mol. The minimum atomic E-state index is -1.24. The summed E-state index contributed by atoms with van der Waals surface area (Å²) in [4.78, 5) is 43.2. The van der Waals surface area contributed by atoms with Gasteiger partial charge in [0.15, 0.2) is 16.6 Å². The maximum atomic E-state index is 12.2. The van der Waals surface area contributed by atoms with Gasteiger partial charge in [-0.2, -0.15) is 0 Å². The summed E-state index contributed by atoms with van der Waals surface area (Å²) in [6, 6.07) is 10.0. The number of para-hydroxylation sites is 2. The van der Waals surface area contributed by atoms with Gasteiger partial charge in [0.1, 0.15) is 23.6 Å². The first kappa shape index (κ1) is 34.7. The summed E-state index contributed by atoms with van der Waals surface area (Å²) in [5.74, 6) is -2.00. The number of benzene rings is 2. The number of carboxylic acids is 1. The lowest BCUT2D eigenvalue weighted by molar-refractivity contribution is 0.0693. The molecule has 2 atom stereocenters. The van der Waals surface area contributed by atoms with Crippen LogP contribution in [0, 0.1) is 0 Å². The van der Waals surface area contributed by atoms with Gasteiger partial charge in [-0.25, -0.2) is 14.8 Å². The van der Waals surface area contributed by atoms with Crippen LogP contribution < -0.4 is 15.0 Å². The number of aliphatic hydroxyl groups excluding tert-OH is 1. The Labute approximate surface area is 274 Å². The van der Waals surface area contributed by atoms with E-state index < -0.39 is 31.8 Å².